The van der Waals surface area contributed by atoms with Gasteiger partial charge in [0.25, 0.3) is 0 Å². The van der Waals surface area contributed by atoms with Crippen molar-refractivity contribution in [3.05, 3.63) is 65.2 Å². The van der Waals surface area contributed by atoms with Crippen molar-refractivity contribution in [2.24, 2.45) is 5.92 Å². The molecule has 0 spiro atoms. The molecular weight excluding hydrogens is 613 g/mol. The van der Waals surface area contributed by atoms with Gasteiger partial charge >= 0.3 is 5.97 Å². The number of carbonyl (C=O) groups is 1. The molecule has 1 aromatic heterocycles. The summed E-state index contributed by atoms with van der Waals surface area (Å²) in [6.45, 7) is 9.59. The molecule has 49 heavy (non-hydrogen) atoms. The monoisotopic (exact) mass is 677 g/mol. The molecule has 0 amide bonds. The first-order chi connectivity index (χ1) is 23.8. The van der Waals surface area contributed by atoms with Crippen LogP contribution >= 0.6 is 0 Å². The molecule has 272 valence electrons. The standard InChI is InChI=1S/C42H64FN3O3/c1-5-6-7-8-9-10-11-12-13-18-28-46(29-19-14-15-22-39-44-37-20-16-17-21-38(37)45-39)30-27-42(49-40(47)32-48-4)26-25-34-31-35(43)23-24-36(34)41(42)33(2)3/h16-17,20-21,23-24,31,33,41H,5-15,18-19,22,25-30,32H2,1-4H3,(H,44,45)/t41-,42-/m0/s1. The summed E-state index contributed by atoms with van der Waals surface area (Å²) in [4.78, 5) is 23.9. The lowest BCUT2D eigenvalue weighted by Gasteiger charge is -2.47. The summed E-state index contributed by atoms with van der Waals surface area (Å²) >= 11 is 0. The molecule has 1 aliphatic carbocycles. The number of H-pyrrole nitrogens is 1. The number of hydrogen-bond donors (Lipinski definition) is 1. The molecule has 0 saturated carbocycles. The molecule has 4 rings (SSSR count). The molecule has 0 saturated heterocycles. The second kappa shape index (κ2) is 20.8. The van der Waals surface area contributed by atoms with Crippen LogP contribution < -0.4 is 0 Å². The predicted octanol–water partition coefficient (Wildman–Crippen LogP) is 10.3. The van der Waals surface area contributed by atoms with Gasteiger partial charge in [-0.2, -0.15) is 0 Å². The zero-order valence-electron chi connectivity index (χ0n) is 31.0. The third-order valence-electron chi connectivity index (χ3n) is 10.6. The molecule has 1 heterocycles. The van der Waals surface area contributed by atoms with Crippen molar-refractivity contribution in [3.63, 3.8) is 0 Å². The quantitative estimate of drug-likeness (QED) is 0.0755. The Kier molecular flexibility index (Phi) is 16.6. The number of nitrogens with one attached hydrogen (secondary N) is 1. The van der Waals surface area contributed by atoms with Crippen LogP contribution in [0.15, 0.2) is 42.5 Å². The summed E-state index contributed by atoms with van der Waals surface area (Å²) < 4.78 is 25.9. The second-order valence-electron chi connectivity index (χ2n) is 14.8. The van der Waals surface area contributed by atoms with Crippen molar-refractivity contribution in [2.75, 3.05) is 33.4 Å². The predicted molar refractivity (Wildman–Crippen MR) is 200 cm³/mol. The lowest BCUT2D eigenvalue weighted by molar-refractivity contribution is -0.172. The first-order valence-electron chi connectivity index (χ1n) is 19.5. The number of hydrogen-bond acceptors (Lipinski definition) is 5. The van der Waals surface area contributed by atoms with E-state index in [1.54, 1.807) is 12.1 Å². The number of aromatic amines is 1. The van der Waals surface area contributed by atoms with Crippen LogP contribution in [0.1, 0.15) is 140 Å². The van der Waals surface area contributed by atoms with E-state index in [1.807, 2.05) is 18.2 Å². The van der Waals surface area contributed by atoms with E-state index < -0.39 is 5.60 Å². The van der Waals surface area contributed by atoms with Crippen molar-refractivity contribution in [1.29, 1.82) is 0 Å². The Bertz CT molecular complexity index is 1360. The van der Waals surface area contributed by atoms with E-state index in [9.17, 15) is 9.18 Å². The zero-order valence-corrected chi connectivity index (χ0v) is 31.0. The van der Waals surface area contributed by atoms with E-state index in [-0.39, 0.29) is 30.2 Å². The molecule has 0 unspecified atom stereocenters. The van der Waals surface area contributed by atoms with Crippen molar-refractivity contribution < 1.29 is 18.7 Å². The number of fused-ring (bicyclic) bond motifs is 2. The van der Waals surface area contributed by atoms with Gasteiger partial charge < -0.3 is 19.4 Å². The number of aryl methyl sites for hydroxylation is 2. The average Bonchev–Trinajstić information content (AvgIpc) is 3.50. The Balaban J connectivity index is 1.37. The van der Waals surface area contributed by atoms with Gasteiger partial charge in [0, 0.05) is 32.4 Å². The van der Waals surface area contributed by atoms with Crippen LogP contribution in [-0.2, 0) is 27.1 Å². The third kappa shape index (κ3) is 12.2. The summed E-state index contributed by atoms with van der Waals surface area (Å²) in [5, 5.41) is 0. The third-order valence-corrected chi connectivity index (χ3v) is 10.6. The fourth-order valence-corrected chi connectivity index (χ4v) is 8.10. The molecule has 1 N–H and O–H groups in total. The van der Waals surface area contributed by atoms with E-state index in [0.29, 0.717) is 12.8 Å². The Hall–Kier alpha value is -2.77. The van der Waals surface area contributed by atoms with Gasteiger partial charge in [0.15, 0.2) is 0 Å². The molecule has 2 atom stereocenters. The fraction of sp³-hybridized carbons (Fsp3) is 0.667. The minimum absolute atomic E-state index is 0.000594. The Morgan fingerprint density at radius 1 is 0.939 bits per heavy atom. The van der Waals surface area contributed by atoms with Crippen molar-refractivity contribution in [1.82, 2.24) is 14.9 Å². The van der Waals surface area contributed by atoms with Crippen LogP contribution in [0.25, 0.3) is 11.0 Å². The maximum atomic E-state index is 14.3. The highest BCUT2D eigenvalue weighted by Crippen LogP contribution is 2.48. The number of para-hydroxylation sites is 2. The molecule has 0 aliphatic heterocycles. The molecule has 2 aromatic carbocycles. The molecule has 1 aliphatic rings. The first-order valence-corrected chi connectivity index (χ1v) is 19.5. The summed E-state index contributed by atoms with van der Waals surface area (Å²) in [6.07, 6.45) is 19.8. The van der Waals surface area contributed by atoms with E-state index in [2.05, 4.69) is 42.8 Å². The first kappa shape index (κ1) is 39.0. The molecule has 6 nitrogen and oxygen atoms in total. The maximum absolute atomic E-state index is 14.3. The van der Waals surface area contributed by atoms with Crippen LogP contribution in [0, 0.1) is 11.7 Å². The van der Waals surface area contributed by atoms with Gasteiger partial charge in [-0.25, -0.2) is 14.2 Å². The molecule has 3 aromatic rings. The smallest absolute Gasteiger partial charge is 0.332 e. The number of methoxy groups -OCH3 is 1. The summed E-state index contributed by atoms with van der Waals surface area (Å²) in [6, 6.07) is 13.4. The van der Waals surface area contributed by atoms with Gasteiger partial charge in [0.2, 0.25) is 0 Å². The van der Waals surface area contributed by atoms with Crippen LogP contribution in [-0.4, -0.2) is 59.8 Å². The van der Waals surface area contributed by atoms with Crippen LogP contribution in [0.5, 0.6) is 0 Å². The van der Waals surface area contributed by atoms with E-state index in [4.69, 9.17) is 14.5 Å². The Morgan fingerprint density at radius 2 is 1.61 bits per heavy atom. The zero-order chi connectivity index (χ0) is 34.9. The summed E-state index contributed by atoms with van der Waals surface area (Å²) in [7, 11) is 1.54. The minimum Gasteiger partial charge on any atom is -0.457 e. The number of nitrogens with zero attached hydrogens (tertiary/aromatic N) is 2. The van der Waals surface area contributed by atoms with Crippen LogP contribution in [0.4, 0.5) is 4.39 Å². The van der Waals surface area contributed by atoms with Crippen molar-refractivity contribution in [2.45, 2.75) is 141 Å². The second-order valence-corrected chi connectivity index (χ2v) is 14.8. The lowest BCUT2D eigenvalue weighted by Crippen LogP contribution is -2.49. The topological polar surface area (TPSA) is 67.5 Å². The Morgan fingerprint density at radius 3 is 2.29 bits per heavy atom. The molecule has 0 radical (unpaired) electrons. The maximum Gasteiger partial charge on any atom is 0.332 e. The van der Waals surface area contributed by atoms with Gasteiger partial charge in [-0.05, 0) is 86.5 Å². The Labute approximate surface area is 295 Å². The largest absolute Gasteiger partial charge is 0.457 e. The molecule has 7 heteroatoms. The number of benzene rings is 2. The van der Waals surface area contributed by atoms with Gasteiger partial charge in [-0.1, -0.05) is 103 Å². The van der Waals surface area contributed by atoms with E-state index >= 15 is 0 Å². The van der Waals surface area contributed by atoms with E-state index in [1.165, 1.54) is 71.3 Å². The number of halogens is 1. The fourth-order valence-electron chi connectivity index (χ4n) is 8.10. The summed E-state index contributed by atoms with van der Waals surface area (Å²) in [5.74, 6) is 0.785. The van der Waals surface area contributed by atoms with Crippen LogP contribution in [0.2, 0.25) is 0 Å². The molecule has 0 fully saturated rings. The lowest BCUT2D eigenvalue weighted by atomic mass is 9.65. The number of imidazole rings is 1. The molecular formula is C42H64FN3O3. The average molecular weight is 678 g/mol. The van der Waals surface area contributed by atoms with E-state index in [0.717, 1.165) is 79.7 Å². The highest BCUT2D eigenvalue weighted by molar-refractivity contribution is 5.74. The number of carbonyl (C=O) groups excluding carboxylic acids is 1. The van der Waals surface area contributed by atoms with Gasteiger partial charge in [-0.15, -0.1) is 0 Å². The normalized spacial score (nSPS) is 17.7. The number of esters is 1. The van der Waals surface area contributed by atoms with Gasteiger partial charge in [0.05, 0.1) is 11.0 Å². The van der Waals surface area contributed by atoms with Gasteiger partial charge in [-0.3, -0.25) is 0 Å². The number of rotatable bonds is 24. The van der Waals surface area contributed by atoms with Crippen molar-refractivity contribution >= 4 is 17.0 Å². The SMILES string of the molecule is CCCCCCCCCCCCN(CCCCCc1nc2ccccc2[nH]1)CC[C@@]1(OC(=O)COC)CCc2cc(F)ccc2[C@@H]1C(C)C. The number of aromatic nitrogens is 2. The minimum atomic E-state index is -0.647. The summed E-state index contributed by atoms with van der Waals surface area (Å²) in [5.41, 5.74) is 3.67. The van der Waals surface area contributed by atoms with Gasteiger partial charge in [0.1, 0.15) is 23.8 Å². The number of ether oxygens (including phenoxy) is 2. The highest BCUT2D eigenvalue weighted by atomic mass is 19.1. The highest BCUT2D eigenvalue weighted by Gasteiger charge is 2.47. The van der Waals surface area contributed by atoms with Crippen molar-refractivity contribution in [3.8, 4) is 0 Å². The van der Waals surface area contributed by atoms with Crippen LogP contribution in [0.3, 0.4) is 0 Å². The molecule has 0 bridgehead atoms. The number of unbranched alkanes of at least 4 members (excludes halogenated alkanes) is 11.